The molecule has 2 unspecified atom stereocenters. The standard InChI is InChI=1S/C14H21BrN2O2/c1-8-10(15)5-12(19-3)14(18)13(8)11-4-9(6-16)7-17(11)2/h5,9,11,18H,4,6-7,16H2,1-3H3. The van der Waals surface area contributed by atoms with Crippen LogP contribution in [-0.4, -0.2) is 37.3 Å². The minimum absolute atomic E-state index is 0.194. The molecule has 1 aromatic carbocycles. The first-order valence-electron chi connectivity index (χ1n) is 6.45. The molecule has 106 valence electrons. The van der Waals surface area contributed by atoms with E-state index >= 15 is 0 Å². The van der Waals surface area contributed by atoms with Crippen LogP contribution in [-0.2, 0) is 0 Å². The lowest BCUT2D eigenvalue weighted by Crippen LogP contribution is -2.21. The van der Waals surface area contributed by atoms with Gasteiger partial charge in [0.25, 0.3) is 0 Å². The Kier molecular flexibility index (Phi) is 4.38. The van der Waals surface area contributed by atoms with Gasteiger partial charge in [-0.15, -0.1) is 0 Å². The largest absolute Gasteiger partial charge is 0.504 e. The van der Waals surface area contributed by atoms with Crippen LogP contribution in [0.3, 0.4) is 0 Å². The molecule has 1 aromatic rings. The van der Waals surface area contributed by atoms with Crippen LogP contribution in [0.25, 0.3) is 0 Å². The molecule has 0 radical (unpaired) electrons. The maximum atomic E-state index is 10.4. The molecule has 1 saturated heterocycles. The number of hydrogen-bond acceptors (Lipinski definition) is 4. The second-order valence-corrected chi connectivity index (χ2v) is 6.10. The fourth-order valence-electron chi connectivity index (χ4n) is 2.91. The second kappa shape index (κ2) is 5.69. The van der Waals surface area contributed by atoms with Crippen LogP contribution in [0.5, 0.6) is 11.5 Å². The highest BCUT2D eigenvalue weighted by Crippen LogP contribution is 2.45. The summed E-state index contributed by atoms with van der Waals surface area (Å²) in [5.41, 5.74) is 7.79. The first-order valence-corrected chi connectivity index (χ1v) is 7.25. The molecule has 5 heteroatoms. The van der Waals surface area contributed by atoms with Crippen LogP contribution in [0.1, 0.15) is 23.6 Å². The minimum Gasteiger partial charge on any atom is -0.504 e. The van der Waals surface area contributed by atoms with E-state index in [0.29, 0.717) is 18.2 Å². The first-order chi connectivity index (χ1) is 8.99. The lowest BCUT2D eigenvalue weighted by Gasteiger charge is -2.24. The lowest BCUT2D eigenvalue weighted by molar-refractivity contribution is 0.299. The van der Waals surface area contributed by atoms with E-state index in [-0.39, 0.29) is 11.8 Å². The third kappa shape index (κ3) is 2.59. The molecule has 0 bridgehead atoms. The molecule has 1 heterocycles. The van der Waals surface area contributed by atoms with Crippen LogP contribution in [0.2, 0.25) is 0 Å². The van der Waals surface area contributed by atoms with Gasteiger partial charge in [0.15, 0.2) is 11.5 Å². The zero-order chi connectivity index (χ0) is 14.2. The predicted octanol–water partition coefficient (Wildman–Crippen LogP) is 2.42. The highest BCUT2D eigenvalue weighted by molar-refractivity contribution is 9.10. The Bertz CT molecular complexity index is 479. The molecule has 0 aromatic heterocycles. The number of benzene rings is 1. The Morgan fingerprint density at radius 2 is 2.26 bits per heavy atom. The van der Waals surface area contributed by atoms with Gasteiger partial charge in [-0.05, 0) is 44.5 Å². The molecule has 2 atom stereocenters. The summed E-state index contributed by atoms with van der Waals surface area (Å²) in [5.74, 6) is 1.24. The Labute approximate surface area is 122 Å². The van der Waals surface area contributed by atoms with Crippen molar-refractivity contribution in [1.82, 2.24) is 4.90 Å². The number of rotatable bonds is 3. The SMILES string of the molecule is COc1cc(Br)c(C)c(C2CC(CN)CN2C)c1O. The van der Waals surface area contributed by atoms with E-state index < -0.39 is 0 Å². The zero-order valence-corrected chi connectivity index (χ0v) is 13.2. The Balaban J connectivity index is 2.47. The topological polar surface area (TPSA) is 58.7 Å². The van der Waals surface area contributed by atoms with Gasteiger partial charge in [0.2, 0.25) is 0 Å². The molecular formula is C14H21BrN2O2. The molecule has 19 heavy (non-hydrogen) atoms. The predicted molar refractivity (Wildman–Crippen MR) is 79.6 cm³/mol. The smallest absolute Gasteiger partial charge is 0.162 e. The van der Waals surface area contributed by atoms with Crippen molar-refractivity contribution in [3.05, 3.63) is 21.7 Å². The summed E-state index contributed by atoms with van der Waals surface area (Å²) in [5, 5.41) is 10.4. The third-order valence-corrected chi connectivity index (χ3v) is 4.85. The molecule has 1 aliphatic rings. The van der Waals surface area contributed by atoms with E-state index in [9.17, 15) is 5.11 Å². The Morgan fingerprint density at radius 3 is 2.79 bits per heavy atom. The summed E-state index contributed by atoms with van der Waals surface area (Å²) in [4.78, 5) is 2.26. The van der Waals surface area contributed by atoms with Gasteiger partial charge in [-0.1, -0.05) is 15.9 Å². The monoisotopic (exact) mass is 328 g/mol. The fraction of sp³-hybridized carbons (Fsp3) is 0.571. The molecule has 1 fully saturated rings. The molecular weight excluding hydrogens is 308 g/mol. The van der Waals surface area contributed by atoms with Gasteiger partial charge >= 0.3 is 0 Å². The van der Waals surface area contributed by atoms with Crippen molar-refractivity contribution in [2.24, 2.45) is 11.7 Å². The normalized spacial score (nSPS) is 23.8. The number of methoxy groups -OCH3 is 1. The van der Waals surface area contributed by atoms with E-state index in [0.717, 1.165) is 28.6 Å². The molecule has 0 spiro atoms. The number of nitrogens with zero attached hydrogens (tertiary/aromatic N) is 1. The summed E-state index contributed by atoms with van der Waals surface area (Å²) in [7, 11) is 3.65. The summed E-state index contributed by atoms with van der Waals surface area (Å²) in [6.07, 6.45) is 0.973. The molecule has 1 aliphatic heterocycles. The van der Waals surface area contributed by atoms with Crippen LogP contribution >= 0.6 is 15.9 Å². The van der Waals surface area contributed by atoms with Gasteiger partial charge < -0.3 is 15.6 Å². The molecule has 2 rings (SSSR count). The Morgan fingerprint density at radius 1 is 1.58 bits per heavy atom. The van der Waals surface area contributed by atoms with Crippen LogP contribution in [0, 0.1) is 12.8 Å². The number of nitrogens with two attached hydrogens (primary N) is 1. The van der Waals surface area contributed by atoms with Gasteiger partial charge in [0, 0.05) is 22.6 Å². The van der Waals surface area contributed by atoms with Crippen molar-refractivity contribution in [3.8, 4) is 11.5 Å². The van der Waals surface area contributed by atoms with Crippen molar-refractivity contribution in [2.75, 3.05) is 27.2 Å². The summed E-state index contributed by atoms with van der Waals surface area (Å²) >= 11 is 3.54. The van der Waals surface area contributed by atoms with Gasteiger partial charge in [-0.25, -0.2) is 0 Å². The summed E-state index contributed by atoms with van der Waals surface area (Å²) < 4.78 is 6.21. The second-order valence-electron chi connectivity index (χ2n) is 5.24. The quantitative estimate of drug-likeness (QED) is 0.894. The van der Waals surface area contributed by atoms with Gasteiger partial charge in [0.1, 0.15) is 0 Å². The van der Waals surface area contributed by atoms with Crippen molar-refractivity contribution in [2.45, 2.75) is 19.4 Å². The molecule has 0 aliphatic carbocycles. The molecule has 0 amide bonds. The van der Waals surface area contributed by atoms with Crippen molar-refractivity contribution in [3.63, 3.8) is 0 Å². The van der Waals surface area contributed by atoms with Gasteiger partial charge in [-0.3, -0.25) is 4.90 Å². The number of aromatic hydroxyl groups is 1. The number of halogens is 1. The van der Waals surface area contributed by atoms with Crippen molar-refractivity contribution in [1.29, 1.82) is 0 Å². The van der Waals surface area contributed by atoms with Crippen LogP contribution in [0.4, 0.5) is 0 Å². The van der Waals surface area contributed by atoms with E-state index in [4.69, 9.17) is 10.5 Å². The number of phenolic OH excluding ortho intramolecular Hbond substituents is 1. The maximum absolute atomic E-state index is 10.4. The fourth-order valence-corrected chi connectivity index (χ4v) is 3.33. The average molecular weight is 329 g/mol. The van der Waals surface area contributed by atoms with Gasteiger partial charge in [-0.2, -0.15) is 0 Å². The first kappa shape index (κ1) is 14.6. The molecule has 3 N–H and O–H groups in total. The van der Waals surface area contributed by atoms with Gasteiger partial charge in [0.05, 0.1) is 7.11 Å². The van der Waals surface area contributed by atoms with Crippen molar-refractivity contribution >= 4 is 15.9 Å². The molecule has 0 saturated carbocycles. The number of hydrogen-bond donors (Lipinski definition) is 2. The van der Waals surface area contributed by atoms with E-state index in [1.165, 1.54) is 0 Å². The Hall–Kier alpha value is -0.780. The van der Waals surface area contributed by atoms with E-state index in [1.54, 1.807) is 7.11 Å². The summed E-state index contributed by atoms with van der Waals surface area (Å²) in [6.45, 7) is 3.67. The van der Waals surface area contributed by atoms with Crippen LogP contribution in [0.15, 0.2) is 10.5 Å². The zero-order valence-electron chi connectivity index (χ0n) is 11.6. The average Bonchev–Trinajstić information content (AvgIpc) is 2.76. The number of ether oxygens (including phenoxy) is 1. The minimum atomic E-state index is 0.194. The molecule has 4 nitrogen and oxygen atoms in total. The highest BCUT2D eigenvalue weighted by Gasteiger charge is 2.33. The van der Waals surface area contributed by atoms with E-state index in [2.05, 4.69) is 27.9 Å². The maximum Gasteiger partial charge on any atom is 0.162 e. The third-order valence-electron chi connectivity index (χ3n) is 4.03. The van der Waals surface area contributed by atoms with Crippen LogP contribution < -0.4 is 10.5 Å². The van der Waals surface area contributed by atoms with E-state index in [1.807, 2.05) is 13.0 Å². The lowest BCUT2D eigenvalue weighted by atomic mass is 9.95. The van der Waals surface area contributed by atoms with Crippen molar-refractivity contribution < 1.29 is 9.84 Å². The summed E-state index contributed by atoms with van der Waals surface area (Å²) in [6, 6.07) is 2.00. The number of phenols is 1. The number of likely N-dealkylation sites (tertiary alicyclic amines) is 1. The highest BCUT2D eigenvalue weighted by atomic mass is 79.9.